The molecule has 222 valence electrons. The Balaban J connectivity index is 0.000000564. The van der Waals surface area contributed by atoms with Crippen LogP contribution in [-0.4, -0.2) is 49.1 Å². The highest BCUT2D eigenvalue weighted by Crippen LogP contribution is 2.39. The summed E-state index contributed by atoms with van der Waals surface area (Å²) in [4.78, 5) is 35.8. The Morgan fingerprint density at radius 3 is 2.07 bits per heavy atom. The van der Waals surface area contributed by atoms with Gasteiger partial charge in [0.15, 0.2) is 5.78 Å². The van der Waals surface area contributed by atoms with Crippen LogP contribution in [0.25, 0.3) is 5.69 Å². The Hall–Kier alpha value is -3.97. The van der Waals surface area contributed by atoms with E-state index in [9.17, 15) is 27.6 Å². The average molecular weight is 598 g/mol. The number of anilines is 2. The van der Waals surface area contributed by atoms with E-state index < -0.39 is 46.7 Å². The van der Waals surface area contributed by atoms with Crippen LogP contribution in [0.1, 0.15) is 63.9 Å². The predicted molar refractivity (Wildman–Crippen MR) is 148 cm³/mol. The maximum atomic E-state index is 13.1. The van der Waals surface area contributed by atoms with E-state index in [-0.39, 0.29) is 22.5 Å². The minimum atomic E-state index is -4.85. The lowest BCUT2D eigenvalue weighted by molar-refractivity contribution is -0.137. The van der Waals surface area contributed by atoms with Gasteiger partial charge in [-0.1, -0.05) is 28.9 Å². The molecule has 3 N–H and O–H groups in total. The fourth-order valence-corrected chi connectivity index (χ4v) is 3.91. The average Bonchev–Trinajstić information content (AvgIpc) is 3.33. The number of nitrogens with one attached hydrogen (secondary N) is 2. The second kappa shape index (κ2) is 13.1. The molecule has 3 aromatic rings. The lowest BCUT2D eigenvalue weighted by atomic mass is 10.1. The van der Waals surface area contributed by atoms with Crippen molar-refractivity contribution in [3.63, 3.8) is 0 Å². The molecular weight excluding hydrogens is 567 g/mol. The molecule has 0 spiro atoms. The number of carbonyl (C=O) groups excluding carboxylic acids is 2. The molecule has 0 aliphatic rings. The SMILES string of the molecule is CC(C)(C)OC(C)(C)C.O=C(O)Nc1cc(Cl)c(C(F)(F)F)cc1NC(=O)CC(=O)c1cccc(-n2ccnn2)c1. The van der Waals surface area contributed by atoms with E-state index >= 15 is 0 Å². The number of hydrogen-bond donors (Lipinski definition) is 3. The van der Waals surface area contributed by atoms with Crippen LogP contribution in [0.3, 0.4) is 0 Å². The lowest BCUT2D eigenvalue weighted by Gasteiger charge is -2.30. The molecule has 0 saturated carbocycles. The monoisotopic (exact) mass is 597 g/mol. The van der Waals surface area contributed by atoms with Gasteiger partial charge in [0.2, 0.25) is 5.91 Å². The fraction of sp³-hybridized carbons (Fsp3) is 0.370. The Morgan fingerprint density at radius 1 is 0.976 bits per heavy atom. The third-order valence-corrected chi connectivity index (χ3v) is 5.03. The Labute approximate surface area is 239 Å². The minimum Gasteiger partial charge on any atom is -0.465 e. The van der Waals surface area contributed by atoms with Gasteiger partial charge in [0.1, 0.15) is 0 Å². The normalized spacial score (nSPS) is 11.8. The van der Waals surface area contributed by atoms with Crippen molar-refractivity contribution in [1.82, 2.24) is 15.0 Å². The number of alkyl halides is 3. The number of ether oxygens (including phenoxy) is 1. The lowest BCUT2D eigenvalue weighted by Crippen LogP contribution is -2.31. The number of benzene rings is 2. The minimum absolute atomic E-state index is 0.0156. The molecule has 0 aliphatic heterocycles. The summed E-state index contributed by atoms with van der Waals surface area (Å²) in [6, 6.07) is 7.34. The smallest absolute Gasteiger partial charge is 0.417 e. The van der Waals surface area contributed by atoms with Crippen molar-refractivity contribution >= 4 is 40.8 Å². The maximum absolute atomic E-state index is 13.1. The number of Topliss-reactive ketones (excluding diaryl/α,β-unsaturated/α-hetero) is 1. The van der Waals surface area contributed by atoms with Crippen molar-refractivity contribution in [3.8, 4) is 5.69 Å². The Morgan fingerprint density at radius 2 is 1.59 bits per heavy atom. The number of halogens is 4. The summed E-state index contributed by atoms with van der Waals surface area (Å²) in [5.41, 5.74) is -1.53. The predicted octanol–water partition coefficient (Wildman–Crippen LogP) is 6.84. The fourth-order valence-electron chi connectivity index (χ4n) is 3.64. The van der Waals surface area contributed by atoms with Crippen molar-refractivity contribution < 1.29 is 37.4 Å². The van der Waals surface area contributed by atoms with Gasteiger partial charge < -0.3 is 15.2 Å². The topological polar surface area (TPSA) is 135 Å². The molecule has 14 heteroatoms. The first-order valence-electron chi connectivity index (χ1n) is 12.2. The van der Waals surface area contributed by atoms with E-state index in [0.717, 1.165) is 6.07 Å². The molecule has 0 radical (unpaired) electrons. The quantitative estimate of drug-likeness (QED) is 0.209. The summed E-state index contributed by atoms with van der Waals surface area (Å²) in [6.45, 7) is 12.4. The van der Waals surface area contributed by atoms with Crippen LogP contribution in [0, 0.1) is 0 Å². The third-order valence-electron chi connectivity index (χ3n) is 4.72. The van der Waals surface area contributed by atoms with Gasteiger partial charge in [-0.15, -0.1) is 5.10 Å². The standard InChI is InChI=1S/C19H13ClF3N5O4.C8H18O/c20-13-8-15(26-18(31)32)14(7-12(13)19(21,22)23)25-17(30)9-16(29)10-2-1-3-11(6-10)28-5-4-24-27-28;1-7(2,3)9-8(4,5)6/h1-8,26H,9H2,(H,25,30)(H,31,32);1-6H3. The van der Waals surface area contributed by atoms with Gasteiger partial charge in [0, 0.05) is 5.56 Å². The van der Waals surface area contributed by atoms with Crippen molar-refractivity contribution in [2.45, 2.75) is 65.3 Å². The van der Waals surface area contributed by atoms with Gasteiger partial charge in [0.05, 0.1) is 57.7 Å². The van der Waals surface area contributed by atoms with E-state index in [1.807, 2.05) is 5.32 Å². The summed E-state index contributed by atoms with van der Waals surface area (Å²) in [6.07, 6.45) is -4.16. The number of carboxylic acid groups (broad SMARTS) is 1. The van der Waals surface area contributed by atoms with E-state index in [1.54, 1.807) is 18.3 Å². The number of carbonyl (C=O) groups is 3. The highest BCUT2D eigenvalue weighted by atomic mass is 35.5. The Bertz CT molecular complexity index is 1370. The number of nitrogens with zero attached hydrogens (tertiary/aromatic N) is 3. The molecule has 1 heterocycles. The van der Waals surface area contributed by atoms with Crippen molar-refractivity contribution in [2.75, 3.05) is 10.6 Å². The summed E-state index contributed by atoms with van der Waals surface area (Å²) in [5, 5.41) is 19.6. The summed E-state index contributed by atoms with van der Waals surface area (Å²) in [7, 11) is 0. The van der Waals surface area contributed by atoms with Gasteiger partial charge in [-0.25, -0.2) is 9.48 Å². The molecule has 0 atom stereocenters. The van der Waals surface area contributed by atoms with E-state index in [4.69, 9.17) is 21.4 Å². The second-order valence-corrected chi connectivity index (χ2v) is 11.1. The van der Waals surface area contributed by atoms with E-state index in [1.165, 1.54) is 23.0 Å². The van der Waals surface area contributed by atoms with Crippen molar-refractivity contribution in [1.29, 1.82) is 0 Å². The molecule has 0 saturated heterocycles. The number of hydrogen-bond acceptors (Lipinski definition) is 6. The first kappa shape index (κ1) is 33.2. The van der Waals surface area contributed by atoms with Gasteiger partial charge >= 0.3 is 12.3 Å². The third kappa shape index (κ3) is 11.2. The second-order valence-electron chi connectivity index (χ2n) is 10.7. The molecule has 2 amide bonds. The highest BCUT2D eigenvalue weighted by Gasteiger charge is 2.34. The van der Waals surface area contributed by atoms with Crippen LogP contribution in [0.5, 0.6) is 0 Å². The molecule has 0 bridgehead atoms. The number of aromatic nitrogens is 3. The van der Waals surface area contributed by atoms with Crippen LogP contribution in [0.15, 0.2) is 48.8 Å². The number of ketones is 1. The van der Waals surface area contributed by atoms with Crippen LogP contribution in [0.4, 0.5) is 29.3 Å². The van der Waals surface area contributed by atoms with E-state index in [2.05, 4.69) is 57.2 Å². The first-order chi connectivity index (χ1) is 18.7. The van der Waals surface area contributed by atoms with Crippen LogP contribution >= 0.6 is 11.6 Å². The molecule has 41 heavy (non-hydrogen) atoms. The van der Waals surface area contributed by atoms with Gasteiger partial charge in [-0.2, -0.15) is 13.2 Å². The van der Waals surface area contributed by atoms with Crippen LogP contribution in [-0.2, 0) is 15.7 Å². The number of amides is 2. The molecule has 10 nitrogen and oxygen atoms in total. The largest absolute Gasteiger partial charge is 0.465 e. The van der Waals surface area contributed by atoms with Crippen molar-refractivity contribution in [2.24, 2.45) is 0 Å². The zero-order valence-electron chi connectivity index (χ0n) is 23.3. The molecule has 2 aromatic carbocycles. The molecule has 0 fully saturated rings. The van der Waals surface area contributed by atoms with E-state index in [0.29, 0.717) is 11.8 Å². The molecule has 3 rings (SSSR count). The maximum Gasteiger partial charge on any atom is 0.417 e. The summed E-state index contributed by atoms with van der Waals surface area (Å²) >= 11 is 5.60. The summed E-state index contributed by atoms with van der Waals surface area (Å²) < 4.78 is 46.5. The molecule has 0 unspecified atom stereocenters. The molecular formula is C27H31ClF3N5O5. The summed E-state index contributed by atoms with van der Waals surface area (Å²) in [5.74, 6) is -1.58. The van der Waals surface area contributed by atoms with Gasteiger partial charge in [-0.3, -0.25) is 14.9 Å². The zero-order chi connectivity index (χ0) is 31.2. The Kier molecular flexibility index (Phi) is 10.6. The van der Waals surface area contributed by atoms with Crippen LogP contribution < -0.4 is 10.6 Å². The highest BCUT2D eigenvalue weighted by molar-refractivity contribution is 6.32. The van der Waals surface area contributed by atoms with Crippen molar-refractivity contribution in [3.05, 3.63) is 64.9 Å². The van der Waals surface area contributed by atoms with Gasteiger partial charge in [-0.05, 0) is 65.8 Å². The molecule has 1 aromatic heterocycles. The molecule has 0 aliphatic carbocycles. The zero-order valence-corrected chi connectivity index (χ0v) is 24.0. The first-order valence-corrected chi connectivity index (χ1v) is 12.5. The van der Waals surface area contributed by atoms with Gasteiger partial charge in [0.25, 0.3) is 0 Å². The van der Waals surface area contributed by atoms with Crippen LogP contribution in [0.2, 0.25) is 5.02 Å². The number of rotatable bonds is 6.